The Hall–Kier alpha value is -1.37. The van der Waals surface area contributed by atoms with Gasteiger partial charge >= 0.3 is 0 Å². The van der Waals surface area contributed by atoms with Gasteiger partial charge in [0.25, 0.3) is 0 Å². The number of carbonyl (C=O) groups is 1. The van der Waals surface area contributed by atoms with Gasteiger partial charge in [-0.25, -0.2) is 0 Å². The van der Waals surface area contributed by atoms with Crippen molar-refractivity contribution in [3.63, 3.8) is 0 Å². The van der Waals surface area contributed by atoms with E-state index in [0.29, 0.717) is 0 Å². The molecule has 4 heterocycles. The molecule has 0 aromatic rings. The summed E-state index contributed by atoms with van der Waals surface area (Å²) in [6.45, 7) is 0.447. The van der Waals surface area contributed by atoms with E-state index in [-0.39, 0.29) is 0 Å². The fourth-order valence-corrected chi connectivity index (χ4v) is 6.74. The van der Waals surface area contributed by atoms with Gasteiger partial charge in [0.2, 0.25) is 5.91 Å². The van der Waals surface area contributed by atoms with Crippen molar-refractivity contribution < 1.29 is 110 Å². The van der Waals surface area contributed by atoms with Crippen molar-refractivity contribution in [1.29, 1.82) is 0 Å². The van der Waals surface area contributed by atoms with Gasteiger partial charge in [-0.3, -0.25) is 4.79 Å². The first-order valence-electron chi connectivity index (χ1n) is 16.6. The second-order valence-electron chi connectivity index (χ2n) is 13.6. The van der Waals surface area contributed by atoms with Crippen LogP contribution in [0.15, 0.2) is 0 Å². The molecule has 23 heteroatoms. The summed E-state index contributed by atoms with van der Waals surface area (Å²) in [6.07, 6.45) is -39.5. The number of hydrogen-bond donors (Lipinski definition) is 16. The zero-order valence-electron chi connectivity index (χ0n) is 28.0. The molecule has 4 aliphatic heterocycles. The molecule has 0 saturated carbocycles. The SMILES string of the molecule is CC(=O)N[C@H]1[C@H]([C@H](O)[C@H](O)CO)O[C@](O)(CC(OC2O[C@H](C)[C@H](O)[C@H](O)[C@H]2O)[C@H]2O[C@@H](O[C@H]3[C@H](O)[C@@H](O)[C@@H](O)O[C@@H]3CO)[C@H](O)[C@@H](O)[C@H]2O)C[C@@H]1O. The maximum absolute atomic E-state index is 11.9. The monoisotopic (exact) mass is 765 g/mol. The summed E-state index contributed by atoms with van der Waals surface area (Å²) < 4.78 is 33.5. The Bertz CT molecular complexity index is 1160. The minimum Gasteiger partial charge on any atom is -0.394 e. The van der Waals surface area contributed by atoms with Gasteiger partial charge in [0.1, 0.15) is 85.5 Å². The summed E-state index contributed by atoms with van der Waals surface area (Å²) in [5.41, 5.74) is 0. The highest BCUT2D eigenvalue weighted by molar-refractivity contribution is 5.73. The van der Waals surface area contributed by atoms with Crippen LogP contribution in [0.4, 0.5) is 0 Å². The van der Waals surface area contributed by atoms with E-state index in [4.69, 9.17) is 28.4 Å². The average Bonchev–Trinajstić information content (AvgIpc) is 3.09. The Balaban J connectivity index is 1.70. The third-order valence-corrected chi connectivity index (χ3v) is 9.68. The second kappa shape index (κ2) is 17.6. The van der Waals surface area contributed by atoms with Gasteiger partial charge in [0, 0.05) is 19.8 Å². The molecule has 0 aromatic carbocycles. The maximum atomic E-state index is 11.9. The number of aliphatic hydroxyl groups is 15. The molecule has 0 radical (unpaired) electrons. The number of ether oxygens (including phenoxy) is 6. The zero-order chi connectivity index (χ0) is 39.0. The first-order valence-corrected chi connectivity index (χ1v) is 16.6. The van der Waals surface area contributed by atoms with Crippen molar-refractivity contribution in [3.05, 3.63) is 0 Å². The molecule has 304 valence electrons. The van der Waals surface area contributed by atoms with Crippen LogP contribution in [0.25, 0.3) is 0 Å². The first kappa shape index (κ1) is 43.4. The molecule has 1 amide bonds. The van der Waals surface area contributed by atoms with Crippen LogP contribution >= 0.6 is 0 Å². The molecule has 2 unspecified atom stereocenters. The Morgan fingerprint density at radius 3 is 2.02 bits per heavy atom. The molecule has 23 nitrogen and oxygen atoms in total. The molecular formula is C29H51NO22. The fraction of sp³-hybridized carbons (Fsp3) is 0.966. The van der Waals surface area contributed by atoms with Gasteiger partial charge < -0.3 is 110 Å². The Morgan fingerprint density at radius 1 is 0.808 bits per heavy atom. The second-order valence-corrected chi connectivity index (χ2v) is 13.6. The molecule has 22 atom stereocenters. The van der Waals surface area contributed by atoms with Gasteiger partial charge in [-0.2, -0.15) is 0 Å². The molecule has 4 fully saturated rings. The van der Waals surface area contributed by atoms with Crippen molar-refractivity contribution in [3.8, 4) is 0 Å². The number of amides is 1. The highest BCUT2D eigenvalue weighted by Gasteiger charge is 2.57. The molecule has 0 bridgehead atoms. The predicted octanol–water partition coefficient (Wildman–Crippen LogP) is -9.73. The zero-order valence-corrected chi connectivity index (χ0v) is 28.0. The molecule has 52 heavy (non-hydrogen) atoms. The Kier molecular flexibility index (Phi) is 14.7. The molecular weight excluding hydrogens is 714 g/mol. The van der Waals surface area contributed by atoms with Crippen LogP contribution in [0, 0.1) is 0 Å². The van der Waals surface area contributed by atoms with Gasteiger partial charge in [0.15, 0.2) is 24.7 Å². The van der Waals surface area contributed by atoms with Crippen LogP contribution in [-0.2, 0) is 33.2 Å². The number of aliphatic hydroxyl groups excluding tert-OH is 14. The van der Waals surface area contributed by atoms with Crippen molar-refractivity contribution >= 4 is 5.91 Å². The van der Waals surface area contributed by atoms with Gasteiger partial charge in [-0.05, 0) is 6.92 Å². The molecule has 0 aliphatic carbocycles. The lowest BCUT2D eigenvalue weighted by Crippen LogP contribution is -2.68. The van der Waals surface area contributed by atoms with Crippen molar-refractivity contribution in [2.75, 3.05) is 13.2 Å². The van der Waals surface area contributed by atoms with Crippen LogP contribution in [0.1, 0.15) is 26.7 Å². The topological polar surface area (TPSA) is 388 Å². The minimum absolute atomic E-state index is 0.718. The van der Waals surface area contributed by atoms with Gasteiger partial charge in [-0.1, -0.05) is 0 Å². The summed E-state index contributed by atoms with van der Waals surface area (Å²) in [4.78, 5) is 11.9. The van der Waals surface area contributed by atoms with Crippen LogP contribution in [0.2, 0.25) is 0 Å². The van der Waals surface area contributed by atoms with E-state index in [1.807, 2.05) is 0 Å². The number of hydrogen-bond acceptors (Lipinski definition) is 22. The number of rotatable bonds is 12. The summed E-state index contributed by atoms with van der Waals surface area (Å²) in [5, 5.41) is 160. The van der Waals surface area contributed by atoms with E-state index in [1.54, 1.807) is 0 Å². The first-order chi connectivity index (χ1) is 24.2. The number of nitrogens with one attached hydrogen (secondary N) is 1. The van der Waals surface area contributed by atoms with Crippen molar-refractivity contribution in [1.82, 2.24) is 5.32 Å². The number of carbonyl (C=O) groups excluding carboxylic acids is 1. The highest BCUT2D eigenvalue weighted by Crippen LogP contribution is 2.39. The summed E-state index contributed by atoms with van der Waals surface area (Å²) in [5.74, 6) is -3.40. The summed E-state index contributed by atoms with van der Waals surface area (Å²) >= 11 is 0. The highest BCUT2D eigenvalue weighted by atomic mass is 16.7. The van der Waals surface area contributed by atoms with Crippen molar-refractivity contribution in [2.45, 2.75) is 161 Å². The summed E-state index contributed by atoms with van der Waals surface area (Å²) in [6, 6.07) is -1.47. The lowest BCUT2D eigenvalue weighted by molar-refractivity contribution is -0.378. The minimum atomic E-state index is -2.68. The van der Waals surface area contributed by atoms with Crippen LogP contribution in [0.3, 0.4) is 0 Å². The Morgan fingerprint density at radius 2 is 1.42 bits per heavy atom. The quantitative estimate of drug-likeness (QED) is 0.0877. The lowest BCUT2D eigenvalue weighted by Gasteiger charge is -2.50. The third-order valence-electron chi connectivity index (χ3n) is 9.68. The van der Waals surface area contributed by atoms with E-state index >= 15 is 0 Å². The van der Waals surface area contributed by atoms with E-state index < -0.39 is 166 Å². The van der Waals surface area contributed by atoms with Gasteiger partial charge in [0.05, 0.1) is 37.6 Å². The van der Waals surface area contributed by atoms with Gasteiger partial charge in [-0.15, -0.1) is 0 Å². The molecule has 0 spiro atoms. The smallest absolute Gasteiger partial charge is 0.217 e. The van der Waals surface area contributed by atoms with Crippen molar-refractivity contribution in [2.24, 2.45) is 0 Å². The third kappa shape index (κ3) is 9.18. The van der Waals surface area contributed by atoms with E-state index in [0.717, 1.165) is 6.92 Å². The van der Waals surface area contributed by atoms with E-state index in [1.165, 1.54) is 6.92 Å². The predicted molar refractivity (Wildman–Crippen MR) is 161 cm³/mol. The normalized spacial score (nSPS) is 49.2. The summed E-state index contributed by atoms with van der Waals surface area (Å²) in [7, 11) is 0. The van der Waals surface area contributed by atoms with E-state index in [9.17, 15) is 81.4 Å². The molecule has 4 aliphatic rings. The molecule has 0 aromatic heterocycles. The average molecular weight is 766 g/mol. The lowest BCUT2D eigenvalue weighted by atomic mass is 9.84. The molecule has 4 rings (SSSR count). The van der Waals surface area contributed by atoms with Crippen LogP contribution < -0.4 is 5.32 Å². The van der Waals surface area contributed by atoms with Crippen LogP contribution in [0.5, 0.6) is 0 Å². The molecule has 4 saturated heterocycles. The largest absolute Gasteiger partial charge is 0.394 e. The maximum Gasteiger partial charge on any atom is 0.217 e. The standard InChI is InChI=1S/C29H51NO22/c1-7-14(36)16(38)21(43)27(47-7)49-11(4-29(46)3-9(34)13(30-8(2)33)25(52-29)15(37)10(35)5-31)23-18(40)17(39)22(44)28(50-23)51-24-12(6-32)48-26(45)20(42)19(24)41/h7,9-28,31-32,34-46H,3-6H2,1-2H3,(H,30,33)/t7-,9+,10-,11?,12-,13-,14+,15-,16+,17+,18-,19-,20-,21-,22-,23-,24-,25-,26+,27?,28+,29+/m1/s1. The molecule has 16 N–H and O–H groups in total. The van der Waals surface area contributed by atoms with E-state index in [2.05, 4.69) is 5.32 Å². The van der Waals surface area contributed by atoms with Crippen LogP contribution in [-0.4, -0.2) is 230 Å². The Labute approximate surface area is 295 Å². The fourth-order valence-electron chi connectivity index (χ4n) is 6.74.